The van der Waals surface area contributed by atoms with Crippen molar-refractivity contribution in [1.29, 1.82) is 0 Å². The highest BCUT2D eigenvalue weighted by atomic mass is 16.3. The van der Waals surface area contributed by atoms with Crippen LogP contribution >= 0.6 is 0 Å². The van der Waals surface area contributed by atoms with Gasteiger partial charge in [-0.15, -0.1) is 0 Å². The van der Waals surface area contributed by atoms with Gasteiger partial charge in [0.15, 0.2) is 6.04 Å². The molecule has 30 heavy (non-hydrogen) atoms. The molecule has 9 N–H and O–H groups in total. The molecule has 0 aromatic rings. The lowest BCUT2D eigenvalue weighted by Crippen LogP contribution is -2.89. The number of quaternary nitrogens is 1. The van der Waals surface area contributed by atoms with Crippen molar-refractivity contribution in [2.45, 2.75) is 89.3 Å². The second-order valence-corrected chi connectivity index (χ2v) is 9.24. The normalized spacial score (nSPS) is 28.8. The minimum Gasteiger partial charge on any atom is -0.390 e. The number of aliphatic hydroxyl groups is 3. The largest absolute Gasteiger partial charge is 0.390 e. The van der Waals surface area contributed by atoms with Crippen LogP contribution in [-0.4, -0.2) is 76.0 Å². The molecule has 0 saturated heterocycles. The van der Waals surface area contributed by atoms with Crippen molar-refractivity contribution in [3.8, 4) is 0 Å². The van der Waals surface area contributed by atoms with E-state index in [1.807, 2.05) is 27.7 Å². The predicted octanol–water partition coefficient (Wildman–Crippen LogP) is -2.66. The standard InChI is InChI=1S/C20H38N4O6/c1-10(2)6-12(17(21)27)24-19(29)20(30)8-14(16(26)15(25)9-20)23-18(28)13(22-5)7-11(3)4/h10-16,22,25-26,30H,6-9H2,1-5H3,(H2,21,27)(H,23,28)(H,24,29)/p+1/t12-,13+,14+,15-,16-,20+/m1/s1. The van der Waals surface area contributed by atoms with Crippen LogP contribution in [-0.2, 0) is 14.4 Å². The molecule has 0 bridgehead atoms. The van der Waals surface area contributed by atoms with Gasteiger partial charge in [0.1, 0.15) is 17.7 Å². The lowest BCUT2D eigenvalue weighted by molar-refractivity contribution is -0.651. The monoisotopic (exact) mass is 431 g/mol. The summed E-state index contributed by atoms with van der Waals surface area (Å²) in [4.78, 5) is 37.0. The van der Waals surface area contributed by atoms with Gasteiger partial charge >= 0.3 is 0 Å². The summed E-state index contributed by atoms with van der Waals surface area (Å²) in [5.41, 5.74) is 3.29. The Bertz CT molecular complexity index is 614. The van der Waals surface area contributed by atoms with Crippen LogP contribution in [0.4, 0.5) is 0 Å². The number of aliphatic hydroxyl groups excluding tert-OH is 2. The van der Waals surface area contributed by atoms with Gasteiger partial charge in [-0.1, -0.05) is 27.7 Å². The van der Waals surface area contributed by atoms with Crippen LogP contribution in [0.2, 0.25) is 0 Å². The summed E-state index contributed by atoms with van der Waals surface area (Å²) in [6.45, 7) is 7.69. The molecule has 0 aliphatic heterocycles. The Morgan fingerprint density at radius 2 is 1.67 bits per heavy atom. The molecular weight excluding hydrogens is 392 g/mol. The zero-order chi connectivity index (χ0) is 23.2. The average Bonchev–Trinajstić information content (AvgIpc) is 2.62. The molecule has 3 amide bonds. The minimum atomic E-state index is -2.06. The number of hydrogen-bond acceptors (Lipinski definition) is 6. The van der Waals surface area contributed by atoms with Crippen molar-refractivity contribution in [2.24, 2.45) is 17.6 Å². The summed E-state index contributed by atoms with van der Waals surface area (Å²) >= 11 is 0. The highest BCUT2D eigenvalue weighted by molar-refractivity contribution is 5.91. The molecule has 10 nitrogen and oxygen atoms in total. The highest BCUT2D eigenvalue weighted by Gasteiger charge is 2.50. The first kappa shape index (κ1) is 26.3. The highest BCUT2D eigenvalue weighted by Crippen LogP contribution is 2.30. The van der Waals surface area contributed by atoms with E-state index in [0.29, 0.717) is 12.8 Å². The van der Waals surface area contributed by atoms with Crippen LogP contribution in [0.25, 0.3) is 0 Å². The van der Waals surface area contributed by atoms with Crippen LogP contribution in [0, 0.1) is 11.8 Å². The van der Waals surface area contributed by atoms with E-state index in [1.54, 1.807) is 12.4 Å². The molecule has 0 unspecified atom stereocenters. The molecule has 0 radical (unpaired) electrons. The van der Waals surface area contributed by atoms with E-state index in [-0.39, 0.29) is 24.2 Å². The quantitative estimate of drug-likeness (QED) is 0.198. The fraction of sp³-hybridized carbons (Fsp3) is 0.850. The molecule has 174 valence electrons. The third-order valence-corrected chi connectivity index (χ3v) is 5.48. The van der Waals surface area contributed by atoms with Crippen molar-refractivity contribution in [3.05, 3.63) is 0 Å². The Morgan fingerprint density at radius 3 is 2.13 bits per heavy atom. The number of likely N-dealkylation sites (N-methyl/N-ethyl adjacent to an activating group) is 1. The SMILES string of the molecule is C[NH2+][C@@H](CC(C)C)C(=O)N[C@H]1C[C@@](O)(C(=O)N[C@H](CC(C)C)C(N)=O)C[C@@H](O)[C@@H]1O. The third-order valence-electron chi connectivity index (χ3n) is 5.48. The van der Waals surface area contributed by atoms with Crippen LogP contribution in [0.15, 0.2) is 0 Å². The lowest BCUT2D eigenvalue weighted by atomic mass is 9.77. The zero-order valence-corrected chi connectivity index (χ0v) is 18.6. The molecule has 6 atom stereocenters. The van der Waals surface area contributed by atoms with Gasteiger partial charge < -0.3 is 37.0 Å². The topological polar surface area (TPSA) is 179 Å². The number of carbonyl (C=O) groups is 3. The molecular formula is C20H39N4O6+. The van der Waals surface area contributed by atoms with Gasteiger partial charge in [-0.05, 0) is 18.3 Å². The Labute approximate surface area is 178 Å². The molecule has 1 rings (SSSR count). The summed E-state index contributed by atoms with van der Waals surface area (Å²) in [5.74, 6) is -1.59. The Kier molecular flexibility index (Phi) is 9.67. The first-order valence-electron chi connectivity index (χ1n) is 10.6. The maximum atomic E-state index is 12.8. The fourth-order valence-corrected chi connectivity index (χ4v) is 3.83. The van der Waals surface area contributed by atoms with E-state index < -0.39 is 54.2 Å². The first-order valence-corrected chi connectivity index (χ1v) is 10.6. The summed E-state index contributed by atoms with van der Waals surface area (Å²) in [7, 11) is 1.77. The van der Waals surface area contributed by atoms with Gasteiger partial charge in [-0.3, -0.25) is 14.4 Å². The van der Waals surface area contributed by atoms with E-state index >= 15 is 0 Å². The molecule has 10 heteroatoms. The van der Waals surface area contributed by atoms with Crippen LogP contribution in [0.5, 0.6) is 0 Å². The predicted molar refractivity (Wildman–Crippen MR) is 110 cm³/mol. The molecule has 0 spiro atoms. The third kappa shape index (κ3) is 7.19. The summed E-state index contributed by atoms with van der Waals surface area (Å²) in [6, 6.07) is -2.39. The van der Waals surface area contributed by atoms with Crippen LogP contribution < -0.4 is 21.7 Å². The maximum Gasteiger partial charge on any atom is 0.278 e. The van der Waals surface area contributed by atoms with Gasteiger partial charge in [0.25, 0.3) is 11.8 Å². The molecule has 1 aliphatic carbocycles. The Balaban J connectivity index is 2.94. The Hall–Kier alpha value is -1.75. The van der Waals surface area contributed by atoms with Crippen LogP contribution in [0.1, 0.15) is 53.4 Å². The minimum absolute atomic E-state index is 0.0754. The van der Waals surface area contributed by atoms with E-state index in [9.17, 15) is 29.7 Å². The van der Waals surface area contributed by atoms with Gasteiger partial charge in [-0.2, -0.15) is 0 Å². The van der Waals surface area contributed by atoms with Crippen molar-refractivity contribution < 1.29 is 35.0 Å². The molecule has 0 heterocycles. The molecule has 1 aliphatic rings. The van der Waals surface area contributed by atoms with Crippen molar-refractivity contribution in [3.63, 3.8) is 0 Å². The average molecular weight is 432 g/mol. The summed E-state index contributed by atoms with van der Waals surface area (Å²) in [6.07, 6.45) is -2.57. The molecule has 1 fully saturated rings. The number of amides is 3. The number of hydrogen-bond donors (Lipinski definition) is 7. The van der Waals surface area contributed by atoms with E-state index in [2.05, 4.69) is 10.6 Å². The number of nitrogens with one attached hydrogen (secondary N) is 2. The second-order valence-electron chi connectivity index (χ2n) is 9.24. The van der Waals surface area contributed by atoms with Crippen molar-refractivity contribution >= 4 is 17.7 Å². The van der Waals surface area contributed by atoms with Crippen molar-refractivity contribution in [2.75, 3.05) is 7.05 Å². The van der Waals surface area contributed by atoms with E-state index in [1.165, 1.54) is 0 Å². The lowest BCUT2D eigenvalue weighted by Gasteiger charge is -2.42. The van der Waals surface area contributed by atoms with Crippen molar-refractivity contribution in [1.82, 2.24) is 10.6 Å². The first-order chi connectivity index (χ1) is 13.8. The number of primary amides is 1. The number of carbonyl (C=O) groups excluding carboxylic acids is 3. The smallest absolute Gasteiger partial charge is 0.278 e. The van der Waals surface area contributed by atoms with Gasteiger partial charge in [0, 0.05) is 19.3 Å². The van der Waals surface area contributed by atoms with Gasteiger partial charge in [0.05, 0.1) is 19.2 Å². The fourth-order valence-electron chi connectivity index (χ4n) is 3.83. The second kappa shape index (κ2) is 11.0. The van der Waals surface area contributed by atoms with E-state index in [0.717, 1.165) is 0 Å². The van der Waals surface area contributed by atoms with Crippen LogP contribution in [0.3, 0.4) is 0 Å². The maximum absolute atomic E-state index is 12.8. The summed E-state index contributed by atoms with van der Waals surface area (Å²) < 4.78 is 0. The molecule has 0 aromatic heterocycles. The molecule has 1 saturated carbocycles. The zero-order valence-electron chi connectivity index (χ0n) is 18.6. The number of rotatable bonds is 10. The summed E-state index contributed by atoms with van der Waals surface area (Å²) in [5, 5.41) is 38.4. The number of nitrogens with two attached hydrogens (primary N) is 2. The Morgan fingerprint density at radius 1 is 1.10 bits per heavy atom. The van der Waals surface area contributed by atoms with Gasteiger partial charge in [-0.25, -0.2) is 0 Å². The van der Waals surface area contributed by atoms with E-state index in [4.69, 9.17) is 5.73 Å². The molecule has 0 aromatic carbocycles. The van der Waals surface area contributed by atoms with Gasteiger partial charge in [0.2, 0.25) is 5.91 Å².